The van der Waals surface area contributed by atoms with E-state index in [1.807, 2.05) is 47.9 Å². The molecule has 8 heteroatoms. The second-order valence-corrected chi connectivity index (χ2v) is 7.82. The third-order valence-electron chi connectivity index (χ3n) is 4.03. The van der Waals surface area contributed by atoms with Gasteiger partial charge in [-0.1, -0.05) is 63.2 Å². The Hall–Kier alpha value is -2.45. The molecular formula is C19H16BrN5OS. The molecular weight excluding hydrogens is 426 g/mol. The molecule has 0 saturated carbocycles. The average molecular weight is 442 g/mol. The van der Waals surface area contributed by atoms with Gasteiger partial charge in [-0.2, -0.15) is 4.98 Å². The molecule has 4 aromatic rings. The van der Waals surface area contributed by atoms with Crippen LogP contribution in [0.3, 0.4) is 0 Å². The van der Waals surface area contributed by atoms with Gasteiger partial charge in [-0.15, -0.1) is 10.2 Å². The largest absolute Gasteiger partial charge is 0.338 e. The van der Waals surface area contributed by atoms with Gasteiger partial charge < -0.3 is 4.52 Å². The molecule has 2 heterocycles. The van der Waals surface area contributed by atoms with Crippen LogP contribution in [0.4, 0.5) is 0 Å². The molecule has 136 valence electrons. The van der Waals surface area contributed by atoms with Crippen molar-refractivity contribution in [3.63, 3.8) is 0 Å². The zero-order valence-corrected chi connectivity index (χ0v) is 17.2. The fourth-order valence-electron chi connectivity index (χ4n) is 2.71. The Morgan fingerprint density at radius 2 is 1.93 bits per heavy atom. The van der Waals surface area contributed by atoms with Crippen molar-refractivity contribution in [3.8, 4) is 17.1 Å². The van der Waals surface area contributed by atoms with Crippen LogP contribution in [-0.2, 0) is 5.75 Å². The van der Waals surface area contributed by atoms with E-state index >= 15 is 0 Å². The SMILES string of the molecule is Cc1ccccc1-n1c(C)nnc1SCc1nc(-c2cccc(Br)c2)no1. The monoisotopic (exact) mass is 441 g/mol. The summed E-state index contributed by atoms with van der Waals surface area (Å²) >= 11 is 4.98. The van der Waals surface area contributed by atoms with Crippen molar-refractivity contribution in [3.05, 3.63) is 70.3 Å². The maximum absolute atomic E-state index is 5.40. The lowest BCUT2D eigenvalue weighted by atomic mass is 10.2. The highest BCUT2D eigenvalue weighted by Gasteiger charge is 2.15. The smallest absolute Gasteiger partial charge is 0.237 e. The van der Waals surface area contributed by atoms with Gasteiger partial charge >= 0.3 is 0 Å². The van der Waals surface area contributed by atoms with Crippen molar-refractivity contribution in [2.45, 2.75) is 24.8 Å². The van der Waals surface area contributed by atoms with Crippen molar-refractivity contribution in [2.24, 2.45) is 0 Å². The second-order valence-electron chi connectivity index (χ2n) is 5.96. The highest BCUT2D eigenvalue weighted by molar-refractivity contribution is 9.10. The van der Waals surface area contributed by atoms with E-state index in [9.17, 15) is 0 Å². The number of aromatic nitrogens is 5. The van der Waals surface area contributed by atoms with E-state index in [0.29, 0.717) is 17.5 Å². The maximum Gasteiger partial charge on any atom is 0.237 e. The molecule has 0 spiro atoms. The van der Waals surface area contributed by atoms with Crippen LogP contribution in [0.25, 0.3) is 17.1 Å². The molecule has 0 radical (unpaired) electrons. The Bertz CT molecular complexity index is 1090. The van der Waals surface area contributed by atoms with Gasteiger partial charge in [-0.05, 0) is 37.6 Å². The van der Waals surface area contributed by atoms with Gasteiger partial charge in [0.15, 0.2) is 5.16 Å². The zero-order chi connectivity index (χ0) is 18.8. The molecule has 0 aliphatic rings. The number of halogens is 1. The first-order valence-electron chi connectivity index (χ1n) is 8.31. The van der Waals surface area contributed by atoms with E-state index in [4.69, 9.17) is 4.52 Å². The molecule has 2 aromatic carbocycles. The van der Waals surface area contributed by atoms with E-state index in [-0.39, 0.29) is 0 Å². The molecule has 0 aliphatic carbocycles. The van der Waals surface area contributed by atoms with Crippen LogP contribution >= 0.6 is 27.7 Å². The van der Waals surface area contributed by atoms with Crippen LogP contribution < -0.4 is 0 Å². The van der Waals surface area contributed by atoms with Crippen molar-refractivity contribution in [2.75, 3.05) is 0 Å². The summed E-state index contributed by atoms with van der Waals surface area (Å²) in [6.45, 7) is 4.02. The van der Waals surface area contributed by atoms with Crippen LogP contribution in [0.1, 0.15) is 17.3 Å². The molecule has 0 saturated heterocycles. The summed E-state index contributed by atoms with van der Waals surface area (Å²) in [5.74, 6) is 2.48. The molecule has 4 rings (SSSR count). The first-order valence-corrected chi connectivity index (χ1v) is 10.1. The van der Waals surface area contributed by atoms with E-state index in [2.05, 4.69) is 55.3 Å². The number of hydrogen-bond acceptors (Lipinski definition) is 6. The molecule has 2 aromatic heterocycles. The summed E-state index contributed by atoms with van der Waals surface area (Å²) < 4.78 is 8.42. The standard InChI is InChI=1S/C19H16BrN5OS/c1-12-6-3-4-9-16(12)25-13(2)22-23-19(25)27-11-17-21-18(24-26-17)14-7-5-8-15(20)10-14/h3-10H,11H2,1-2H3. The van der Waals surface area contributed by atoms with E-state index < -0.39 is 0 Å². The maximum atomic E-state index is 5.40. The number of thioether (sulfide) groups is 1. The topological polar surface area (TPSA) is 69.6 Å². The van der Waals surface area contributed by atoms with Gasteiger partial charge in [0, 0.05) is 10.0 Å². The number of nitrogens with zero attached hydrogens (tertiary/aromatic N) is 5. The number of benzene rings is 2. The van der Waals surface area contributed by atoms with E-state index in [1.54, 1.807) is 0 Å². The summed E-state index contributed by atoms with van der Waals surface area (Å²) in [7, 11) is 0. The molecule has 0 N–H and O–H groups in total. The predicted molar refractivity (Wildman–Crippen MR) is 108 cm³/mol. The van der Waals surface area contributed by atoms with Gasteiger partial charge in [0.05, 0.1) is 11.4 Å². The van der Waals surface area contributed by atoms with Crippen molar-refractivity contribution < 1.29 is 4.52 Å². The Labute approximate surface area is 169 Å². The van der Waals surface area contributed by atoms with Crippen LogP contribution in [0.5, 0.6) is 0 Å². The Morgan fingerprint density at radius 3 is 2.74 bits per heavy atom. The van der Waals surface area contributed by atoms with Crippen LogP contribution in [0.15, 0.2) is 62.7 Å². The normalized spacial score (nSPS) is 11.1. The summed E-state index contributed by atoms with van der Waals surface area (Å²) in [4.78, 5) is 4.49. The Balaban J connectivity index is 1.55. The van der Waals surface area contributed by atoms with E-state index in [1.165, 1.54) is 11.8 Å². The molecule has 27 heavy (non-hydrogen) atoms. The minimum absolute atomic E-state index is 0.519. The number of aryl methyl sites for hydroxylation is 2. The highest BCUT2D eigenvalue weighted by atomic mass is 79.9. The summed E-state index contributed by atoms with van der Waals surface area (Å²) in [5, 5.41) is 13.4. The lowest BCUT2D eigenvalue weighted by molar-refractivity contribution is 0.391. The van der Waals surface area contributed by atoms with Gasteiger partial charge in [0.1, 0.15) is 5.82 Å². The van der Waals surface area contributed by atoms with Crippen LogP contribution in [0, 0.1) is 13.8 Å². The fraction of sp³-hybridized carbons (Fsp3) is 0.158. The summed E-state index contributed by atoms with van der Waals surface area (Å²) in [6.07, 6.45) is 0. The fourth-order valence-corrected chi connectivity index (χ4v) is 3.94. The van der Waals surface area contributed by atoms with Gasteiger partial charge in [-0.3, -0.25) is 4.57 Å². The first kappa shape index (κ1) is 17.9. The number of para-hydroxylation sites is 1. The third-order valence-corrected chi connectivity index (χ3v) is 5.43. The lowest BCUT2D eigenvalue weighted by Crippen LogP contribution is -2.01. The second kappa shape index (κ2) is 7.66. The predicted octanol–water partition coefficient (Wildman–Crippen LogP) is 4.99. The van der Waals surface area contributed by atoms with Crippen molar-refractivity contribution in [1.82, 2.24) is 24.9 Å². The average Bonchev–Trinajstić information content (AvgIpc) is 3.27. The molecule has 0 unspecified atom stereocenters. The van der Waals surface area contributed by atoms with Crippen molar-refractivity contribution >= 4 is 27.7 Å². The summed E-state index contributed by atoms with van der Waals surface area (Å²) in [5.41, 5.74) is 3.14. The molecule has 0 bridgehead atoms. The molecule has 6 nitrogen and oxygen atoms in total. The van der Waals surface area contributed by atoms with Gasteiger partial charge in [0.2, 0.25) is 11.7 Å². The highest BCUT2D eigenvalue weighted by Crippen LogP contribution is 2.27. The third kappa shape index (κ3) is 3.81. The number of hydrogen-bond donors (Lipinski definition) is 0. The Morgan fingerprint density at radius 1 is 1.07 bits per heavy atom. The lowest BCUT2D eigenvalue weighted by Gasteiger charge is -2.10. The van der Waals surface area contributed by atoms with Crippen molar-refractivity contribution in [1.29, 1.82) is 0 Å². The Kier molecular flexibility index (Phi) is 5.09. The van der Waals surface area contributed by atoms with Crippen LogP contribution in [-0.4, -0.2) is 24.9 Å². The molecule has 0 fully saturated rings. The molecule has 0 aliphatic heterocycles. The first-order chi connectivity index (χ1) is 13.1. The van der Waals surface area contributed by atoms with Gasteiger partial charge in [-0.25, -0.2) is 0 Å². The quantitative estimate of drug-likeness (QED) is 0.406. The van der Waals surface area contributed by atoms with E-state index in [0.717, 1.165) is 32.3 Å². The minimum atomic E-state index is 0.519. The van der Waals surface area contributed by atoms with Crippen LogP contribution in [0.2, 0.25) is 0 Å². The number of rotatable bonds is 5. The summed E-state index contributed by atoms with van der Waals surface area (Å²) in [6, 6.07) is 16.0. The minimum Gasteiger partial charge on any atom is -0.338 e. The zero-order valence-electron chi connectivity index (χ0n) is 14.8. The molecule has 0 amide bonds. The molecule has 0 atom stereocenters. The van der Waals surface area contributed by atoms with Gasteiger partial charge in [0.25, 0.3) is 0 Å².